The van der Waals surface area contributed by atoms with Gasteiger partial charge in [0.25, 0.3) is 0 Å². The topological polar surface area (TPSA) is 34.6 Å². The molecule has 5 aromatic carbocycles. The van der Waals surface area contributed by atoms with Gasteiger partial charge < -0.3 is 9.80 Å². The van der Waals surface area contributed by atoms with Gasteiger partial charge in [-0.25, -0.2) is 4.85 Å². The van der Waals surface area contributed by atoms with Crippen LogP contribution in [0.15, 0.2) is 117 Å². The molecular weight excluding hydrogens is 601 g/mol. The summed E-state index contributed by atoms with van der Waals surface area (Å²) in [6, 6.07) is 36.0. The first-order chi connectivity index (χ1) is 22.6. The maximum atomic E-state index is 10.1. The van der Waals surface area contributed by atoms with E-state index in [1.54, 1.807) is 23.5 Å². The molecule has 46 heavy (non-hydrogen) atoms. The lowest BCUT2D eigenvalue weighted by Crippen LogP contribution is -2.19. The summed E-state index contributed by atoms with van der Waals surface area (Å²) >= 11 is 3.57. The molecule has 0 aliphatic carbocycles. The average Bonchev–Trinajstić information content (AvgIpc) is 3.10. The molecule has 4 nitrogen and oxygen atoms in total. The third-order valence-electron chi connectivity index (χ3n) is 8.28. The molecule has 0 aromatic heterocycles. The van der Waals surface area contributed by atoms with E-state index in [-0.39, 0.29) is 0 Å². The number of nitrogens with zero attached hydrogens (tertiary/aromatic N) is 4. The molecule has 0 amide bonds. The molecule has 7 rings (SSSR count). The van der Waals surface area contributed by atoms with E-state index in [1.165, 1.54) is 42.3 Å². The van der Waals surface area contributed by atoms with E-state index in [0.717, 1.165) is 35.3 Å². The zero-order chi connectivity index (χ0) is 31.6. The van der Waals surface area contributed by atoms with E-state index in [9.17, 15) is 5.26 Å². The molecule has 0 bridgehead atoms. The van der Waals surface area contributed by atoms with Crippen molar-refractivity contribution in [3.05, 3.63) is 136 Å². The SMILES string of the molecule is [C-]#[N+]c1cc(C=Cc2ccc3c(c2)Sc2ccccc2N3CC)c(C#N)cc1C=Cc1ccc2c(c1)Sc1ccccc1N2CC. The zero-order valence-electron chi connectivity index (χ0n) is 25.6. The summed E-state index contributed by atoms with van der Waals surface area (Å²) in [4.78, 5) is 13.4. The minimum atomic E-state index is 0.518. The lowest BCUT2D eigenvalue weighted by atomic mass is 10.0. The molecular formula is C40H30N4S2. The highest BCUT2D eigenvalue weighted by Crippen LogP contribution is 2.49. The Morgan fingerprint density at radius 3 is 1.63 bits per heavy atom. The van der Waals surface area contributed by atoms with Crippen LogP contribution in [-0.2, 0) is 0 Å². The van der Waals surface area contributed by atoms with Crippen molar-refractivity contribution in [2.24, 2.45) is 0 Å². The van der Waals surface area contributed by atoms with E-state index in [1.807, 2.05) is 36.4 Å². The van der Waals surface area contributed by atoms with Crippen molar-refractivity contribution in [2.45, 2.75) is 33.4 Å². The summed E-state index contributed by atoms with van der Waals surface area (Å²) in [6.07, 6.45) is 7.94. The molecule has 0 N–H and O–H groups in total. The quantitative estimate of drug-likeness (QED) is 0.138. The Hall–Kier alpha value is -5.14. The Labute approximate surface area is 279 Å². The van der Waals surface area contributed by atoms with Gasteiger partial charge in [-0.15, -0.1) is 0 Å². The fourth-order valence-corrected chi connectivity index (χ4v) is 8.34. The molecule has 2 aliphatic rings. The van der Waals surface area contributed by atoms with Crippen molar-refractivity contribution in [1.82, 2.24) is 0 Å². The number of para-hydroxylation sites is 2. The highest BCUT2D eigenvalue weighted by Gasteiger charge is 2.23. The van der Waals surface area contributed by atoms with Gasteiger partial charge in [-0.1, -0.05) is 84.2 Å². The summed E-state index contributed by atoms with van der Waals surface area (Å²) < 4.78 is 0. The zero-order valence-corrected chi connectivity index (χ0v) is 27.2. The highest BCUT2D eigenvalue weighted by molar-refractivity contribution is 8.00. The standard InChI is InChI=1S/C40H30N4S2/c1-4-43-33-10-6-8-12-37(33)45-39-22-27(16-20-35(39)43)14-18-29-25-32(42-3)30(24-31(29)26-41)19-15-28-17-21-36-40(23-28)46-38-13-9-7-11-34(38)44(36)5-2/h6-25H,4-5H2,1-2H3. The van der Waals surface area contributed by atoms with Gasteiger partial charge in [0.1, 0.15) is 0 Å². The van der Waals surface area contributed by atoms with Crippen LogP contribution in [-0.4, -0.2) is 13.1 Å². The molecule has 222 valence electrons. The molecule has 5 aromatic rings. The average molecular weight is 631 g/mol. The van der Waals surface area contributed by atoms with Gasteiger partial charge in [-0.2, -0.15) is 5.26 Å². The van der Waals surface area contributed by atoms with Crippen molar-refractivity contribution in [3.63, 3.8) is 0 Å². The minimum absolute atomic E-state index is 0.518. The van der Waals surface area contributed by atoms with E-state index < -0.39 is 0 Å². The van der Waals surface area contributed by atoms with E-state index in [0.29, 0.717) is 11.3 Å². The lowest BCUT2D eigenvalue weighted by molar-refractivity contribution is 0.979. The monoisotopic (exact) mass is 630 g/mol. The predicted octanol–water partition coefficient (Wildman–Crippen LogP) is 11.7. The molecule has 0 fully saturated rings. The largest absolute Gasteiger partial charge is 0.340 e. The van der Waals surface area contributed by atoms with Crippen LogP contribution in [0.4, 0.5) is 28.4 Å². The molecule has 2 aliphatic heterocycles. The second-order valence-electron chi connectivity index (χ2n) is 11.0. The third-order valence-corrected chi connectivity index (χ3v) is 10.5. The summed E-state index contributed by atoms with van der Waals surface area (Å²) in [5, 5.41) is 10.1. The Morgan fingerprint density at radius 1 is 0.630 bits per heavy atom. The van der Waals surface area contributed by atoms with Crippen molar-refractivity contribution < 1.29 is 0 Å². The fourth-order valence-electron chi connectivity index (χ4n) is 6.05. The van der Waals surface area contributed by atoms with Crippen LogP contribution < -0.4 is 9.80 Å². The van der Waals surface area contributed by atoms with Crippen molar-refractivity contribution in [3.8, 4) is 6.07 Å². The summed E-state index contributed by atoms with van der Waals surface area (Å²) in [5.74, 6) is 0. The molecule has 0 unspecified atom stereocenters. The number of rotatable bonds is 6. The van der Waals surface area contributed by atoms with E-state index in [2.05, 4.69) is 119 Å². The van der Waals surface area contributed by atoms with Gasteiger partial charge >= 0.3 is 0 Å². The third kappa shape index (κ3) is 5.48. The van der Waals surface area contributed by atoms with E-state index in [4.69, 9.17) is 6.57 Å². The summed E-state index contributed by atoms with van der Waals surface area (Å²) in [6.45, 7) is 14.0. The first kappa shape index (κ1) is 29.6. The van der Waals surface area contributed by atoms with E-state index >= 15 is 0 Å². The first-order valence-electron chi connectivity index (χ1n) is 15.3. The first-order valence-corrected chi connectivity index (χ1v) is 16.9. The number of benzene rings is 5. The van der Waals surface area contributed by atoms with Crippen LogP contribution in [0.2, 0.25) is 0 Å². The smallest absolute Gasteiger partial charge is 0.194 e. The maximum Gasteiger partial charge on any atom is 0.194 e. The van der Waals surface area contributed by atoms with Crippen molar-refractivity contribution >= 4 is 76.3 Å². The number of hydrogen-bond donors (Lipinski definition) is 0. The number of nitriles is 1. The molecule has 0 radical (unpaired) electrons. The minimum Gasteiger partial charge on any atom is -0.340 e. The van der Waals surface area contributed by atoms with Gasteiger partial charge in [-0.05, 0) is 96.8 Å². The van der Waals surface area contributed by atoms with Gasteiger partial charge in [0.05, 0.1) is 41.0 Å². The molecule has 0 saturated carbocycles. The molecule has 0 spiro atoms. The maximum absolute atomic E-state index is 10.1. The summed E-state index contributed by atoms with van der Waals surface area (Å²) in [5.41, 5.74) is 9.52. The van der Waals surface area contributed by atoms with Crippen LogP contribution in [0.5, 0.6) is 0 Å². The van der Waals surface area contributed by atoms with Gasteiger partial charge in [0.15, 0.2) is 5.69 Å². The van der Waals surface area contributed by atoms with Crippen LogP contribution in [0.25, 0.3) is 29.1 Å². The van der Waals surface area contributed by atoms with Crippen molar-refractivity contribution in [1.29, 1.82) is 5.26 Å². The lowest BCUT2D eigenvalue weighted by Gasteiger charge is -2.32. The summed E-state index contributed by atoms with van der Waals surface area (Å²) in [7, 11) is 0. The van der Waals surface area contributed by atoms with Gasteiger partial charge in [0.2, 0.25) is 0 Å². The number of fused-ring (bicyclic) bond motifs is 4. The second kappa shape index (κ2) is 12.7. The fraction of sp³-hybridized carbons (Fsp3) is 0.100. The Morgan fingerprint density at radius 2 is 1.13 bits per heavy atom. The van der Waals surface area contributed by atoms with Crippen LogP contribution in [0.3, 0.4) is 0 Å². The molecule has 0 saturated heterocycles. The Kier molecular flexibility index (Phi) is 8.16. The molecule has 0 atom stereocenters. The Bertz CT molecular complexity index is 1980. The molecule has 2 heterocycles. The van der Waals surface area contributed by atoms with Crippen LogP contribution in [0.1, 0.15) is 41.7 Å². The normalized spacial score (nSPS) is 13.1. The van der Waals surface area contributed by atoms with Crippen molar-refractivity contribution in [2.75, 3.05) is 22.9 Å². The van der Waals surface area contributed by atoms with Crippen LogP contribution >= 0.6 is 23.5 Å². The number of hydrogen-bond acceptors (Lipinski definition) is 5. The van der Waals surface area contributed by atoms with Gasteiger partial charge in [0, 0.05) is 32.7 Å². The predicted molar refractivity (Wildman–Crippen MR) is 195 cm³/mol. The van der Waals surface area contributed by atoms with Gasteiger partial charge in [-0.3, -0.25) is 0 Å². The van der Waals surface area contributed by atoms with Crippen LogP contribution in [0, 0.1) is 17.9 Å². The highest BCUT2D eigenvalue weighted by atomic mass is 32.2. The molecule has 6 heteroatoms. The number of anilines is 4. The second-order valence-corrected chi connectivity index (χ2v) is 13.1. The Balaban J connectivity index is 1.15.